The molecular formula is H2CuFeMnMoSi. The molecular weight excluding hydrogens is 298 g/mol. The van der Waals surface area contributed by atoms with Crippen LogP contribution in [-0.2, 0) is 72.3 Å². The zero-order valence-corrected chi connectivity index (χ0v) is 8.80. The van der Waals surface area contributed by atoms with Crippen LogP contribution in [0.3, 0.4) is 0 Å². The Morgan fingerprint density at radius 2 is 1.00 bits per heavy atom. The van der Waals surface area contributed by atoms with Crippen LogP contribution in [0.2, 0.25) is 0 Å². The zero-order valence-electron chi connectivity index (χ0n) is 2.15. The van der Waals surface area contributed by atoms with Crippen LogP contribution < -0.4 is 0 Å². The summed E-state index contributed by atoms with van der Waals surface area (Å²) in [5.74, 6) is 0. The molecule has 5 heavy (non-hydrogen) atoms. The third kappa shape index (κ3) is 21.2. The summed E-state index contributed by atoms with van der Waals surface area (Å²) in [6, 6.07) is 0. The molecule has 0 aliphatic rings. The molecule has 0 aromatic carbocycles. The Morgan fingerprint density at radius 3 is 1.00 bits per heavy atom. The van der Waals surface area contributed by atoms with Crippen LogP contribution in [-0.4, -0.2) is 11.0 Å². The molecule has 0 unspecified atom stereocenters. The maximum absolute atomic E-state index is 0. The van der Waals surface area contributed by atoms with E-state index in [-0.39, 0.29) is 83.2 Å². The van der Waals surface area contributed by atoms with Gasteiger partial charge in [-0.1, -0.05) is 0 Å². The molecule has 0 aromatic heterocycles. The molecule has 0 amide bonds. The molecule has 0 N–H and O–H groups in total. The van der Waals surface area contributed by atoms with Gasteiger partial charge in [0.15, 0.2) is 0 Å². The molecule has 0 spiro atoms. The van der Waals surface area contributed by atoms with Gasteiger partial charge in [0.25, 0.3) is 0 Å². The molecule has 0 saturated heterocycles. The first-order valence-corrected chi connectivity index (χ1v) is 0. The quantitative estimate of drug-likeness (QED) is 0.507. The van der Waals surface area contributed by atoms with Crippen molar-refractivity contribution < 1.29 is 72.3 Å². The van der Waals surface area contributed by atoms with Gasteiger partial charge in [-0.2, -0.15) is 0 Å². The van der Waals surface area contributed by atoms with E-state index in [1.54, 1.807) is 0 Å². The van der Waals surface area contributed by atoms with Gasteiger partial charge in [-0.25, -0.2) is 0 Å². The van der Waals surface area contributed by atoms with E-state index in [1.807, 2.05) is 0 Å². The van der Waals surface area contributed by atoms with Gasteiger partial charge in [0.2, 0.25) is 0 Å². The first-order chi connectivity index (χ1) is 0. The van der Waals surface area contributed by atoms with Gasteiger partial charge in [0.1, 0.15) is 0 Å². The van der Waals surface area contributed by atoms with Crippen molar-refractivity contribution in [3.05, 3.63) is 0 Å². The molecule has 0 fully saturated rings. The van der Waals surface area contributed by atoms with Crippen LogP contribution in [0.15, 0.2) is 0 Å². The van der Waals surface area contributed by atoms with Crippen molar-refractivity contribution in [3.8, 4) is 0 Å². The first-order valence-electron chi connectivity index (χ1n) is 0. The second-order valence-corrected chi connectivity index (χ2v) is 0. The normalized spacial score (nSPS) is 0. The number of rotatable bonds is 0. The van der Waals surface area contributed by atoms with Gasteiger partial charge in [0, 0.05) is 72.3 Å². The summed E-state index contributed by atoms with van der Waals surface area (Å²) < 4.78 is 0. The van der Waals surface area contributed by atoms with E-state index in [0.717, 1.165) is 0 Å². The van der Waals surface area contributed by atoms with E-state index in [1.165, 1.54) is 0 Å². The Kier molecular flexibility index (Phi) is 327. The van der Waals surface area contributed by atoms with Crippen molar-refractivity contribution in [1.82, 2.24) is 0 Å². The monoisotopic (exact) mass is 302 g/mol. The van der Waals surface area contributed by atoms with E-state index < -0.39 is 0 Å². The second kappa shape index (κ2) is 31.8. The molecule has 0 nitrogen and oxygen atoms in total. The van der Waals surface area contributed by atoms with Gasteiger partial charge in [-0.05, 0) is 11.0 Å². The maximum Gasteiger partial charge on any atom is 0 e. The standard InChI is InChI=1S/Cu.Fe.Mn.Mo.H2Si/h;;;;1H2. The summed E-state index contributed by atoms with van der Waals surface area (Å²) >= 11 is 0. The second-order valence-electron chi connectivity index (χ2n) is 0. The largest absolute Gasteiger partial charge is 0.00934 e. The maximum atomic E-state index is 0. The van der Waals surface area contributed by atoms with Crippen molar-refractivity contribution >= 4 is 11.0 Å². The van der Waals surface area contributed by atoms with Crippen molar-refractivity contribution in [2.45, 2.75) is 0 Å². The summed E-state index contributed by atoms with van der Waals surface area (Å²) in [7, 11) is 0. The minimum absolute atomic E-state index is 0. The first kappa shape index (κ1) is 51.4. The Morgan fingerprint density at radius 1 is 1.00 bits per heavy atom. The van der Waals surface area contributed by atoms with Gasteiger partial charge in [-0.15, -0.1) is 0 Å². The zero-order chi connectivity index (χ0) is 0. The van der Waals surface area contributed by atoms with E-state index >= 15 is 0 Å². The molecule has 0 heterocycles. The molecule has 0 atom stereocenters. The summed E-state index contributed by atoms with van der Waals surface area (Å²) in [4.78, 5) is 0. The summed E-state index contributed by atoms with van der Waals surface area (Å²) in [6.07, 6.45) is 0. The number of hydrogen-bond acceptors (Lipinski definition) is 0. The van der Waals surface area contributed by atoms with Crippen LogP contribution in [0, 0.1) is 0 Å². The third-order valence-corrected chi connectivity index (χ3v) is 0. The molecule has 0 bridgehead atoms. The Hall–Kier alpha value is 2.46. The van der Waals surface area contributed by atoms with E-state index in [4.69, 9.17) is 0 Å². The fourth-order valence-corrected chi connectivity index (χ4v) is 0. The van der Waals surface area contributed by atoms with Crippen molar-refractivity contribution in [2.75, 3.05) is 0 Å². The fourth-order valence-electron chi connectivity index (χ4n) is 0. The van der Waals surface area contributed by atoms with E-state index in [2.05, 4.69) is 0 Å². The van der Waals surface area contributed by atoms with Gasteiger partial charge in [0.05, 0.1) is 0 Å². The van der Waals surface area contributed by atoms with Crippen LogP contribution in [0.5, 0.6) is 0 Å². The molecule has 0 aliphatic carbocycles. The molecule has 0 aliphatic heterocycles. The molecule has 38 valence electrons. The van der Waals surface area contributed by atoms with Crippen LogP contribution in [0.1, 0.15) is 0 Å². The number of hydrogen-bond donors (Lipinski definition) is 0. The molecule has 4 radical (unpaired) electrons. The summed E-state index contributed by atoms with van der Waals surface area (Å²) in [5, 5.41) is 0. The molecule has 0 saturated carbocycles. The smallest absolute Gasteiger partial charge is 0 e. The van der Waals surface area contributed by atoms with Crippen molar-refractivity contribution in [2.24, 2.45) is 0 Å². The van der Waals surface area contributed by atoms with E-state index in [0.29, 0.717) is 0 Å². The Labute approximate surface area is 82.3 Å². The average molecular weight is 300 g/mol. The predicted molar refractivity (Wildman–Crippen MR) is 8.54 cm³/mol. The fraction of sp³-hybridized carbons (Fsp3) is 0. The van der Waals surface area contributed by atoms with Gasteiger partial charge in [-0.3, -0.25) is 0 Å². The molecule has 0 rings (SSSR count). The summed E-state index contributed by atoms with van der Waals surface area (Å²) in [5.41, 5.74) is 0. The average Bonchev–Trinajstić information content (AvgIpc) is 0. The third-order valence-electron chi connectivity index (χ3n) is 0. The topological polar surface area (TPSA) is 0 Å². The predicted octanol–water partition coefficient (Wildman–Crippen LogP) is -0.926. The molecule has 0 aromatic rings. The van der Waals surface area contributed by atoms with Crippen LogP contribution in [0.4, 0.5) is 0 Å². The Bertz CT molecular complexity index is 11.6. The van der Waals surface area contributed by atoms with Crippen molar-refractivity contribution in [3.63, 3.8) is 0 Å². The van der Waals surface area contributed by atoms with Crippen LogP contribution >= 0.6 is 0 Å². The van der Waals surface area contributed by atoms with Gasteiger partial charge < -0.3 is 0 Å². The Balaban J connectivity index is 0. The van der Waals surface area contributed by atoms with E-state index in [9.17, 15) is 0 Å². The minimum Gasteiger partial charge on any atom is -0.00934 e. The minimum atomic E-state index is 0. The van der Waals surface area contributed by atoms with Crippen molar-refractivity contribution in [1.29, 1.82) is 0 Å². The van der Waals surface area contributed by atoms with Crippen LogP contribution in [0.25, 0.3) is 0 Å². The summed E-state index contributed by atoms with van der Waals surface area (Å²) in [6.45, 7) is 0. The molecule has 5 heteroatoms. The SMILES string of the molecule is [Cu].[Fe].[Mn].[Mo].[SiH2]. The van der Waals surface area contributed by atoms with Gasteiger partial charge >= 0.3 is 0 Å².